The number of halogens is 1. The summed E-state index contributed by atoms with van der Waals surface area (Å²) in [5, 5.41) is 9.42. The molecule has 0 aliphatic rings. The molecule has 86 valence electrons. The van der Waals surface area contributed by atoms with Crippen LogP contribution in [0.25, 0.3) is 0 Å². The minimum absolute atomic E-state index is 0.193. The molecule has 0 aliphatic carbocycles. The van der Waals surface area contributed by atoms with Crippen LogP contribution in [0.3, 0.4) is 0 Å². The molecular weight excluding hydrogens is 236 g/mol. The molecule has 0 unspecified atom stereocenters. The highest BCUT2D eigenvalue weighted by atomic mass is 35.5. The van der Waals surface area contributed by atoms with Gasteiger partial charge >= 0.3 is 5.97 Å². The lowest BCUT2D eigenvalue weighted by molar-refractivity contribution is 0.0696. The fourth-order valence-electron chi connectivity index (χ4n) is 1.77. The molecule has 2 aromatic carbocycles. The molecule has 17 heavy (non-hydrogen) atoms. The van der Waals surface area contributed by atoms with Gasteiger partial charge in [0.05, 0.1) is 10.6 Å². The van der Waals surface area contributed by atoms with Crippen LogP contribution in [0, 0.1) is 0 Å². The maximum atomic E-state index is 11.1. The molecule has 2 aromatic rings. The second-order valence-electron chi connectivity index (χ2n) is 3.74. The van der Waals surface area contributed by atoms with Gasteiger partial charge in [-0.1, -0.05) is 54.1 Å². The predicted octanol–water partition coefficient (Wildman–Crippen LogP) is 3.63. The highest BCUT2D eigenvalue weighted by Gasteiger charge is 2.14. The summed E-state index contributed by atoms with van der Waals surface area (Å²) in [5.41, 5.74) is 1.99. The third-order valence-corrected chi connectivity index (χ3v) is 2.87. The highest BCUT2D eigenvalue weighted by molar-refractivity contribution is 6.33. The molecule has 3 heteroatoms. The molecule has 0 aliphatic heterocycles. The third kappa shape index (κ3) is 2.66. The monoisotopic (exact) mass is 246 g/mol. The van der Waals surface area contributed by atoms with E-state index in [-0.39, 0.29) is 10.6 Å². The lowest BCUT2D eigenvalue weighted by Gasteiger charge is -2.07. The van der Waals surface area contributed by atoms with Gasteiger partial charge in [0.2, 0.25) is 0 Å². The summed E-state index contributed by atoms with van der Waals surface area (Å²) >= 11 is 5.91. The zero-order chi connectivity index (χ0) is 12.3. The number of rotatable bonds is 3. The molecule has 0 amide bonds. The van der Waals surface area contributed by atoms with E-state index in [1.54, 1.807) is 18.2 Å². The van der Waals surface area contributed by atoms with Crippen molar-refractivity contribution in [2.24, 2.45) is 0 Å². The smallest absolute Gasteiger partial charge is 0.337 e. The summed E-state index contributed by atoms with van der Waals surface area (Å²) in [7, 11) is 0. The molecule has 1 N–H and O–H groups in total. The zero-order valence-corrected chi connectivity index (χ0v) is 9.82. The van der Waals surface area contributed by atoms with Gasteiger partial charge in [-0.2, -0.15) is 0 Å². The van der Waals surface area contributed by atoms with Crippen LogP contribution in [0.2, 0.25) is 5.02 Å². The van der Waals surface area contributed by atoms with Crippen LogP contribution >= 0.6 is 11.6 Å². The van der Waals surface area contributed by atoms with E-state index >= 15 is 0 Å². The molecule has 0 aromatic heterocycles. The van der Waals surface area contributed by atoms with E-state index in [0.29, 0.717) is 6.42 Å². The Morgan fingerprint density at radius 3 is 2.41 bits per heavy atom. The van der Waals surface area contributed by atoms with Crippen molar-refractivity contribution in [1.82, 2.24) is 0 Å². The lowest BCUT2D eigenvalue weighted by atomic mass is 10.00. The van der Waals surface area contributed by atoms with Gasteiger partial charge in [0.1, 0.15) is 0 Å². The van der Waals surface area contributed by atoms with Crippen molar-refractivity contribution >= 4 is 17.6 Å². The van der Waals surface area contributed by atoms with Gasteiger partial charge < -0.3 is 5.11 Å². The van der Waals surface area contributed by atoms with E-state index in [4.69, 9.17) is 16.7 Å². The van der Waals surface area contributed by atoms with E-state index in [1.807, 2.05) is 30.3 Å². The average Bonchev–Trinajstić information content (AvgIpc) is 2.30. The Morgan fingerprint density at radius 1 is 1.06 bits per heavy atom. The first-order valence-corrected chi connectivity index (χ1v) is 5.61. The minimum atomic E-state index is -0.985. The van der Waals surface area contributed by atoms with Crippen LogP contribution in [0.1, 0.15) is 21.5 Å². The van der Waals surface area contributed by atoms with Crippen LogP contribution in [0.15, 0.2) is 48.5 Å². The molecule has 0 saturated heterocycles. The number of carboxylic acid groups (broad SMARTS) is 1. The van der Waals surface area contributed by atoms with E-state index < -0.39 is 5.97 Å². The maximum absolute atomic E-state index is 11.1. The zero-order valence-electron chi connectivity index (χ0n) is 9.06. The Balaban J connectivity index is 2.40. The van der Waals surface area contributed by atoms with Crippen molar-refractivity contribution in [2.75, 3.05) is 0 Å². The molecule has 0 radical (unpaired) electrons. The summed E-state index contributed by atoms with van der Waals surface area (Å²) < 4.78 is 0. The molecule has 0 spiro atoms. The van der Waals surface area contributed by atoms with Crippen LogP contribution < -0.4 is 0 Å². The molecule has 0 bridgehead atoms. The number of hydrogen-bond donors (Lipinski definition) is 1. The van der Waals surface area contributed by atoms with Gasteiger partial charge in [-0.15, -0.1) is 0 Å². The van der Waals surface area contributed by atoms with Crippen LogP contribution in [-0.2, 0) is 6.42 Å². The van der Waals surface area contributed by atoms with E-state index in [1.165, 1.54) is 0 Å². The van der Waals surface area contributed by atoms with E-state index in [9.17, 15) is 4.79 Å². The Kier molecular flexibility index (Phi) is 3.45. The number of hydrogen-bond acceptors (Lipinski definition) is 1. The number of carbonyl (C=O) groups is 1. The largest absolute Gasteiger partial charge is 0.478 e. The van der Waals surface area contributed by atoms with Crippen molar-refractivity contribution in [3.63, 3.8) is 0 Å². The van der Waals surface area contributed by atoms with Crippen molar-refractivity contribution in [3.05, 3.63) is 70.2 Å². The second-order valence-corrected chi connectivity index (χ2v) is 4.15. The van der Waals surface area contributed by atoms with E-state index in [0.717, 1.165) is 11.1 Å². The van der Waals surface area contributed by atoms with E-state index in [2.05, 4.69) is 0 Å². The quantitative estimate of drug-likeness (QED) is 0.898. The van der Waals surface area contributed by atoms with Crippen molar-refractivity contribution < 1.29 is 9.90 Å². The lowest BCUT2D eigenvalue weighted by Crippen LogP contribution is -2.04. The Hall–Kier alpha value is -1.80. The van der Waals surface area contributed by atoms with Crippen molar-refractivity contribution in [1.29, 1.82) is 0 Å². The van der Waals surface area contributed by atoms with Crippen molar-refractivity contribution in [2.45, 2.75) is 6.42 Å². The van der Waals surface area contributed by atoms with Crippen LogP contribution in [0.5, 0.6) is 0 Å². The van der Waals surface area contributed by atoms with Crippen LogP contribution in [-0.4, -0.2) is 11.1 Å². The van der Waals surface area contributed by atoms with Crippen LogP contribution in [0.4, 0.5) is 0 Å². The molecule has 2 rings (SSSR count). The topological polar surface area (TPSA) is 37.3 Å². The Bertz CT molecular complexity index is 535. The summed E-state index contributed by atoms with van der Waals surface area (Å²) in [6, 6.07) is 14.9. The van der Waals surface area contributed by atoms with Gasteiger partial charge in [0.15, 0.2) is 0 Å². The number of carboxylic acids is 1. The predicted molar refractivity (Wildman–Crippen MR) is 67.7 cm³/mol. The van der Waals surface area contributed by atoms with Gasteiger partial charge in [-0.3, -0.25) is 0 Å². The van der Waals surface area contributed by atoms with Crippen molar-refractivity contribution in [3.8, 4) is 0 Å². The summed E-state index contributed by atoms with van der Waals surface area (Å²) in [5.74, 6) is -0.985. The Morgan fingerprint density at radius 2 is 1.76 bits per heavy atom. The first kappa shape index (κ1) is 11.7. The van der Waals surface area contributed by atoms with Gasteiger partial charge in [0.25, 0.3) is 0 Å². The second kappa shape index (κ2) is 5.02. The molecule has 0 heterocycles. The average molecular weight is 247 g/mol. The summed E-state index contributed by atoms with van der Waals surface area (Å²) in [6.07, 6.45) is 0.572. The molecule has 0 saturated carbocycles. The number of benzene rings is 2. The maximum Gasteiger partial charge on any atom is 0.337 e. The van der Waals surface area contributed by atoms with Gasteiger partial charge in [-0.25, -0.2) is 4.79 Å². The van der Waals surface area contributed by atoms with Gasteiger partial charge in [0, 0.05) is 0 Å². The standard InChI is InChI=1S/C14H11ClO2/c15-12-8-4-7-11(13(12)14(16)17)9-10-5-2-1-3-6-10/h1-8H,9H2,(H,16,17). The Labute approximate surface area is 104 Å². The first-order chi connectivity index (χ1) is 8.18. The molecule has 0 fully saturated rings. The van der Waals surface area contributed by atoms with Gasteiger partial charge in [-0.05, 0) is 23.6 Å². The third-order valence-electron chi connectivity index (χ3n) is 2.55. The summed E-state index contributed by atoms with van der Waals surface area (Å²) in [4.78, 5) is 11.1. The fourth-order valence-corrected chi connectivity index (χ4v) is 2.05. The summed E-state index contributed by atoms with van der Waals surface area (Å²) in [6.45, 7) is 0. The highest BCUT2D eigenvalue weighted by Crippen LogP contribution is 2.22. The first-order valence-electron chi connectivity index (χ1n) is 5.23. The molecule has 2 nitrogen and oxygen atoms in total. The molecule has 0 atom stereocenters. The normalized spacial score (nSPS) is 10.2. The fraction of sp³-hybridized carbons (Fsp3) is 0.0714. The number of aromatic carboxylic acids is 1. The minimum Gasteiger partial charge on any atom is -0.478 e. The molecular formula is C14H11ClO2. The SMILES string of the molecule is O=C(O)c1c(Cl)cccc1Cc1ccccc1.